The van der Waals surface area contributed by atoms with Gasteiger partial charge in [-0.25, -0.2) is 0 Å². The highest BCUT2D eigenvalue weighted by Crippen LogP contribution is 2.34. The van der Waals surface area contributed by atoms with E-state index in [0.29, 0.717) is 32.7 Å². The maximum Gasteiger partial charge on any atom is 0.258 e. The molecule has 3 atom stereocenters. The molecule has 1 aliphatic carbocycles. The number of carbonyl (C=O) groups is 1. The molecule has 1 aromatic carbocycles. The molecule has 0 aliphatic heterocycles. The Morgan fingerprint density at radius 2 is 1.86 bits per heavy atom. The second-order valence-corrected chi connectivity index (χ2v) is 7.15. The van der Waals surface area contributed by atoms with Gasteiger partial charge in [0.1, 0.15) is 5.75 Å². The molecule has 0 saturated heterocycles. The number of amides is 1. The SMILES string of the molecule is C[C@@H]1[C@H](C)CCC[C@@H]1NC(=O)COc1cc(Cl)c(Cl)cc1Cl. The van der Waals surface area contributed by atoms with E-state index in [0.717, 1.165) is 12.8 Å². The maximum atomic E-state index is 12.1. The summed E-state index contributed by atoms with van der Waals surface area (Å²) in [4.78, 5) is 12.1. The van der Waals surface area contributed by atoms with Crippen LogP contribution in [0.15, 0.2) is 12.1 Å². The lowest BCUT2D eigenvalue weighted by atomic mass is 9.78. The minimum absolute atomic E-state index is 0.0880. The third-order valence-electron chi connectivity index (χ3n) is 4.39. The topological polar surface area (TPSA) is 38.3 Å². The zero-order valence-electron chi connectivity index (χ0n) is 12.7. The van der Waals surface area contributed by atoms with Gasteiger partial charge in [0, 0.05) is 12.1 Å². The molecule has 1 saturated carbocycles. The van der Waals surface area contributed by atoms with Crippen LogP contribution in [-0.4, -0.2) is 18.6 Å². The molecule has 1 fully saturated rings. The summed E-state index contributed by atoms with van der Waals surface area (Å²) in [6.45, 7) is 4.33. The lowest BCUT2D eigenvalue weighted by Gasteiger charge is -2.34. The monoisotopic (exact) mass is 363 g/mol. The molecule has 0 spiro atoms. The lowest BCUT2D eigenvalue weighted by Crippen LogP contribution is -2.45. The molecule has 2 rings (SSSR count). The smallest absolute Gasteiger partial charge is 0.258 e. The van der Waals surface area contributed by atoms with Gasteiger partial charge in [0.25, 0.3) is 5.91 Å². The van der Waals surface area contributed by atoms with Crippen molar-refractivity contribution in [1.29, 1.82) is 0 Å². The summed E-state index contributed by atoms with van der Waals surface area (Å²) in [6, 6.07) is 3.23. The number of hydrogen-bond donors (Lipinski definition) is 1. The van der Waals surface area contributed by atoms with Gasteiger partial charge in [0.2, 0.25) is 0 Å². The zero-order chi connectivity index (χ0) is 16.3. The first-order valence-corrected chi connectivity index (χ1v) is 8.58. The first-order chi connectivity index (χ1) is 10.4. The van der Waals surface area contributed by atoms with Crippen LogP contribution >= 0.6 is 34.8 Å². The molecule has 0 radical (unpaired) electrons. The Labute approximate surface area is 146 Å². The van der Waals surface area contributed by atoms with Gasteiger partial charge in [-0.3, -0.25) is 4.79 Å². The maximum absolute atomic E-state index is 12.1. The third kappa shape index (κ3) is 4.43. The normalized spacial score (nSPS) is 24.9. The van der Waals surface area contributed by atoms with E-state index in [1.807, 2.05) is 0 Å². The van der Waals surface area contributed by atoms with Gasteiger partial charge in [-0.1, -0.05) is 61.5 Å². The molecule has 1 aromatic rings. The summed E-state index contributed by atoms with van der Waals surface area (Å²) in [5.74, 6) is 1.32. The van der Waals surface area contributed by atoms with Gasteiger partial charge < -0.3 is 10.1 Å². The highest BCUT2D eigenvalue weighted by atomic mass is 35.5. The molecule has 0 aromatic heterocycles. The van der Waals surface area contributed by atoms with Crippen LogP contribution in [0.3, 0.4) is 0 Å². The first-order valence-electron chi connectivity index (χ1n) is 7.45. The number of rotatable bonds is 4. The van der Waals surface area contributed by atoms with Crippen molar-refractivity contribution in [3.63, 3.8) is 0 Å². The van der Waals surface area contributed by atoms with Crippen molar-refractivity contribution in [1.82, 2.24) is 5.32 Å². The van der Waals surface area contributed by atoms with Crippen molar-refractivity contribution in [3.05, 3.63) is 27.2 Å². The average Bonchev–Trinajstić information content (AvgIpc) is 2.46. The van der Waals surface area contributed by atoms with Crippen LogP contribution < -0.4 is 10.1 Å². The Hall–Kier alpha value is -0.640. The largest absolute Gasteiger partial charge is 0.482 e. The van der Waals surface area contributed by atoms with E-state index < -0.39 is 0 Å². The number of benzene rings is 1. The van der Waals surface area contributed by atoms with E-state index in [2.05, 4.69) is 19.2 Å². The molecule has 6 heteroatoms. The van der Waals surface area contributed by atoms with Crippen molar-refractivity contribution >= 4 is 40.7 Å². The molecule has 1 amide bonds. The highest BCUT2D eigenvalue weighted by Gasteiger charge is 2.28. The molecule has 3 nitrogen and oxygen atoms in total. The number of hydrogen-bond acceptors (Lipinski definition) is 2. The van der Waals surface area contributed by atoms with E-state index in [1.165, 1.54) is 18.6 Å². The van der Waals surface area contributed by atoms with Crippen LogP contribution in [0.1, 0.15) is 33.1 Å². The number of ether oxygens (including phenoxy) is 1. The minimum atomic E-state index is -0.145. The molecule has 1 N–H and O–H groups in total. The Bertz CT molecular complexity index is 550. The first kappa shape index (κ1) is 17.7. The van der Waals surface area contributed by atoms with Crippen molar-refractivity contribution in [2.24, 2.45) is 11.8 Å². The molecular formula is C16H20Cl3NO2. The van der Waals surface area contributed by atoms with Crippen LogP contribution in [0, 0.1) is 11.8 Å². The molecule has 0 heterocycles. The quantitative estimate of drug-likeness (QED) is 0.766. The third-order valence-corrected chi connectivity index (χ3v) is 5.40. The number of carbonyl (C=O) groups excluding carboxylic acids is 1. The Balaban J connectivity index is 1.89. The second-order valence-electron chi connectivity index (χ2n) is 5.93. The van der Waals surface area contributed by atoms with Crippen molar-refractivity contribution in [2.45, 2.75) is 39.2 Å². The minimum Gasteiger partial charge on any atom is -0.482 e. The van der Waals surface area contributed by atoms with E-state index in [-0.39, 0.29) is 18.6 Å². The summed E-state index contributed by atoms with van der Waals surface area (Å²) >= 11 is 17.8. The van der Waals surface area contributed by atoms with Crippen LogP contribution in [0.5, 0.6) is 5.75 Å². The van der Waals surface area contributed by atoms with E-state index in [4.69, 9.17) is 39.5 Å². The summed E-state index contributed by atoms with van der Waals surface area (Å²) in [6.07, 6.45) is 3.39. The Morgan fingerprint density at radius 3 is 2.59 bits per heavy atom. The average molecular weight is 365 g/mol. The van der Waals surface area contributed by atoms with Crippen LogP contribution in [0.25, 0.3) is 0 Å². The standard InChI is InChI=1S/C16H20Cl3NO2/c1-9-4-3-5-14(10(9)2)20-16(21)8-22-15-7-12(18)11(17)6-13(15)19/h6-7,9-10,14H,3-5,8H2,1-2H3,(H,20,21)/t9-,10-,14+/m1/s1. The van der Waals surface area contributed by atoms with Gasteiger partial charge in [-0.2, -0.15) is 0 Å². The fourth-order valence-electron chi connectivity index (χ4n) is 2.79. The fraction of sp³-hybridized carbons (Fsp3) is 0.562. The van der Waals surface area contributed by atoms with Gasteiger partial charge >= 0.3 is 0 Å². The molecule has 122 valence electrons. The van der Waals surface area contributed by atoms with E-state index in [1.54, 1.807) is 0 Å². The predicted molar refractivity (Wildman–Crippen MR) is 91.1 cm³/mol. The lowest BCUT2D eigenvalue weighted by molar-refractivity contribution is -0.124. The van der Waals surface area contributed by atoms with E-state index in [9.17, 15) is 4.79 Å². The Kier molecular flexibility index (Phi) is 6.25. The molecule has 1 aliphatic rings. The van der Waals surface area contributed by atoms with Crippen molar-refractivity contribution in [2.75, 3.05) is 6.61 Å². The summed E-state index contributed by atoms with van der Waals surface area (Å²) in [5, 5.41) is 4.08. The van der Waals surface area contributed by atoms with Crippen molar-refractivity contribution < 1.29 is 9.53 Å². The number of halogens is 3. The van der Waals surface area contributed by atoms with Crippen LogP contribution in [-0.2, 0) is 4.79 Å². The summed E-state index contributed by atoms with van der Waals surface area (Å²) < 4.78 is 5.45. The zero-order valence-corrected chi connectivity index (χ0v) is 14.9. The molecule has 0 unspecified atom stereocenters. The van der Waals surface area contributed by atoms with Gasteiger partial charge in [0.15, 0.2) is 6.61 Å². The molecular weight excluding hydrogens is 345 g/mol. The second kappa shape index (κ2) is 7.76. The van der Waals surface area contributed by atoms with Crippen LogP contribution in [0.2, 0.25) is 15.1 Å². The highest BCUT2D eigenvalue weighted by molar-refractivity contribution is 6.43. The number of nitrogens with one attached hydrogen (secondary N) is 1. The van der Waals surface area contributed by atoms with Gasteiger partial charge in [-0.05, 0) is 24.3 Å². The summed E-state index contributed by atoms with van der Waals surface area (Å²) in [7, 11) is 0. The Morgan fingerprint density at radius 1 is 1.18 bits per heavy atom. The van der Waals surface area contributed by atoms with Crippen LogP contribution in [0.4, 0.5) is 0 Å². The summed E-state index contributed by atoms with van der Waals surface area (Å²) in [5.41, 5.74) is 0. The van der Waals surface area contributed by atoms with Gasteiger partial charge in [-0.15, -0.1) is 0 Å². The van der Waals surface area contributed by atoms with Crippen molar-refractivity contribution in [3.8, 4) is 5.75 Å². The molecule has 22 heavy (non-hydrogen) atoms. The molecule has 0 bridgehead atoms. The van der Waals surface area contributed by atoms with Gasteiger partial charge in [0.05, 0.1) is 15.1 Å². The predicted octanol–water partition coefficient (Wildman–Crippen LogP) is 4.97. The van der Waals surface area contributed by atoms with E-state index >= 15 is 0 Å². The fourth-order valence-corrected chi connectivity index (χ4v) is 3.38.